The van der Waals surface area contributed by atoms with Gasteiger partial charge in [0.15, 0.2) is 11.5 Å². The average molecular weight is 368 g/mol. The molecule has 0 aliphatic rings. The zero-order chi connectivity index (χ0) is 19.3. The fraction of sp³-hybridized carbons (Fsp3) is 0.364. The second-order valence-electron chi connectivity index (χ2n) is 6.15. The van der Waals surface area contributed by atoms with E-state index in [2.05, 4.69) is 17.5 Å². The van der Waals surface area contributed by atoms with Crippen LogP contribution < -0.4 is 14.9 Å². The van der Waals surface area contributed by atoms with Crippen LogP contribution in [0.2, 0.25) is 0 Å². The predicted octanol–water partition coefficient (Wildman–Crippen LogP) is 4.35. The molecule has 2 rings (SSSR count). The van der Waals surface area contributed by atoms with Gasteiger partial charge in [0.2, 0.25) is 5.91 Å². The van der Waals surface area contributed by atoms with Gasteiger partial charge in [0.05, 0.1) is 25.8 Å². The fourth-order valence-corrected chi connectivity index (χ4v) is 2.53. The number of hydrogen-bond acceptors (Lipinski definition) is 4. The first-order chi connectivity index (χ1) is 13.2. The summed E-state index contributed by atoms with van der Waals surface area (Å²) in [6.45, 7) is 5.33. The van der Waals surface area contributed by atoms with E-state index < -0.39 is 0 Å². The highest BCUT2D eigenvalue weighted by Gasteiger charge is 2.06. The number of hydrazone groups is 1. The van der Waals surface area contributed by atoms with E-state index in [9.17, 15) is 4.79 Å². The number of rotatable bonds is 11. The molecule has 0 spiro atoms. The molecule has 0 atom stereocenters. The molecule has 0 aliphatic heterocycles. The minimum atomic E-state index is -0.154. The number of ether oxygens (including phenoxy) is 2. The molecule has 0 saturated carbocycles. The minimum Gasteiger partial charge on any atom is -0.490 e. The van der Waals surface area contributed by atoms with E-state index in [4.69, 9.17) is 9.47 Å². The van der Waals surface area contributed by atoms with Crippen LogP contribution in [0.5, 0.6) is 11.5 Å². The van der Waals surface area contributed by atoms with Crippen LogP contribution in [0.4, 0.5) is 0 Å². The predicted molar refractivity (Wildman–Crippen MR) is 109 cm³/mol. The van der Waals surface area contributed by atoms with E-state index in [-0.39, 0.29) is 5.91 Å². The number of carbonyl (C=O) groups is 1. The highest BCUT2D eigenvalue weighted by atomic mass is 16.5. The Labute approximate surface area is 161 Å². The quantitative estimate of drug-likeness (QED) is 0.364. The van der Waals surface area contributed by atoms with Gasteiger partial charge in [-0.05, 0) is 42.7 Å². The lowest BCUT2D eigenvalue weighted by Gasteiger charge is -2.12. The highest BCUT2D eigenvalue weighted by molar-refractivity contribution is 5.84. The first-order valence-electron chi connectivity index (χ1n) is 9.48. The third-order valence-corrected chi connectivity index (χ3v) is 3.88. The van der Waals surface area contributed by atoms with E-state index in [0.29, 0.717) is 25.4 Å². The van der Waals surface area contributed by atoms with Gasteiger partial charge < -0.3 is 9.47 Å². The standard InChI is InChI=1S/C22H28N2O3/c1-3-5-9-14-27-20-13-12-19(15-21(20)26-4-2)17-23-24-22(25)16-18-10-7-6-8-11-18/h6-8,10-13,15,17H,3-5,9,14,16H2,1-2H3,(H,24,25)/b23-17-. The molecule has 0 bridgehead atoms. The molecule has 27 heavy (non-hydrogen) atoms. The van der Waals surface area contributed by atoms with Crippen LogP contribution in [-0.2, 0) is 11.2 Å². The summed E-state index contributed by atoms with van der Waals surface area (Å²) in [5.74, 6) is 1.27. The number of benzene rings is 2. The lowest BCUT2D eigenvalue weighted by Crippen LogP contribution is -2.19. The second kappa shape index (κ2) is 11.7. The van der Waals surface area contributed by atoms with E-state index >= 15 is 0 Å². The molecule has 2 aromatic carbocycles. The van der Waals surface area contributed by atoms with Crippen molar-refractivity contribution in [3.63, 3.8) is 0 Å². The molecule has 5 heteroatoms. The van der Waals surface area contributed by atoms with E-state index in [1.54, 1.807) is 6.21 Å². The lowest BCUT2D eigenvalue weighted by atomic mass is 10.1. The monoisotopic (exact) mass is 368 g/mol. The first-order valence-corrected chi connectivity index (χ1v) is 9.48. The largest absolute Gasteiger partial charge is 0.490 e. The summed E-state index contributed by atoms with van der Waals surface area (Å²) in [5.41, 5.74) is 4.34. The zero-order valence-electron chi connectivity index (χ0n) is 16.1. The third-order valence-electron chi connectivity index (χ3n) is 3.88. The number of nitrogens with one attached hydrogen (secondary N) is 1. The van der Waals surface area contributed by atoms with Crippen LogP contribution >= 0.6 is 0 Å². The van der Waals surface area contributed by atoms with E-state index in [0.717, 1.165) is 36.1 Å². The molecule has 144 valence electrons. The number of unbranched alkanes of at least 4 members (excludes halogenated alkanes) is 2. The van der Waals surface area contributed by atoms with Crippen LogP contribution in [0.3, 0.4) is 0 Å². The van der Waals surface area contributed by atoms with Gasteiger partial charge in [-0.15, -0.1) is 0 Å². The van der Waals surface area contributed by atoms with Crippen molar-refractivity contribution in [2.24, 2.45) is 5.10 Å². The van der Waals surface area contributed by atoms with Crippen molar-refractivity contribution < 1.29 is 14.3 Å². The molecule has 0 aliphatic carbocycles. The zero-order valence-corrected chi connectivity index (χ0v) is 16.1. The molecular weight excluding hydrogens is 340 g/mol. The van der Waals surface area contributed by atoms with Crippen LogP contribution in [0.25, 0.3) is 0 Å². The molecule has 1 N–H and O–H groups in total. The van der Waals surface area contributed by atoms with Gasteiger partial charge in [0.25, 0.3) is 0 Å². The maximum Gasteiger partial charge on any atom is 0.244 e. The van der Waals surface area contributed by atoms with Crippen molar-refractivity contribution in [3.8, 4) is 11.5 Å². The van der Waals surface area contributed by atoms with Crippen molar-refractivity contribution >= 4 is 12.1 Å². The molecule has 0 saturated heterocycles. The summed E-state index contributed by atoms with van der Waals surface area (Å²) >= 11 is 0. The Morgan fingerprint density at radius 2 is 1.85 bits per heavy atom. The first kappa shape index (κ1) is 20.5. The van der Waals surface area contributed by atoms with Crippen molar-refractivity contribution in [3.05, 3.63) is 59.7 Å². The maximum absolute atomic E-state index is 11.9. The average Bonchev–Trinajstić information content (AvgIpc) is 2.67. The third kappa shape index (κ3) is 7.52. The number of carbonyl (C=O) groups excluding carboxylic acids is 1. The van der Waals surface area contributed by atoms with Crippen LogP contribution in [-0.4, -0.2) is 25.3 Å². The number of hydrogen-bond donors (Lipinski definition) is 1. The Kier molecular flexibility index (Phi) is 8.90. The van der Waals surface area contributed by atoms with E-state index in [1.807, 2.05) is 55.5 Å². The van der Waals surface area contributed by atoms with Gasteiger partial charge in [-0.3, -0.25) is 4.79 Å². The topological polar surface area (TPSA) is 59.9 Å². The van der Waals surface area contributed by atoms with Gasteiger partial charge >= 0.3 is 0 Å². The Bertz CT molecular complexity index is 730. The molecule has 5 nitrogen and oxygen atoms in total. The van der Waals surface area contributed by atoms with Gasteiger partial charge in [0, 0.05) is 0 Å². The van der Waals surface area contributed by atoms with Gasteiger partial charge in [0.1, 0.15) is 0 Å². The van der Waals surface area contributed by atoms with Crippen LogP contribution in [0.15, 0.2) is 53.6 Å². The van der Waals surface area contributed by atoms with Crippen LogP contribution in [0, 0.1) is 0 Å². The molecule has 0 fully saturated rings. The molecule has 0 unspecified atom stereocenters. The summed E-state index contributed by atoms with van der Waals surface area (Å²) < 4.78 is 11.5. The summed E-state index contributed by atoms with van der Waals surface area (Å²) in [6.07, 6.45) is 5.24. The molecule has 1 amide bonds. The van der Waals surface area contributed by atoms with Gasteiger partial charge in [-0.1, -0.05) is 50.1 Å². The molecular formula is C22H28N2O3. The smallest absolute Gasteiger partial charge is 0.244 e. The molecule has 2 aromatic rings. The molecule has 0 heterocycles. The lowest BCUT2D eigenvalue weighted by molar-refractivity contribution is -0.120. The summed E-state index contributed by atoms with van der Waals surface area (Å²) in [6, 6.07) is 15.2. The van der Waals surface area contributed by atoms with Crippen molar-refractivity contribution in [2.45, 2.75) is 39.5 Å². The Balaban J connectivity index is 1.91. The van der Waals surface area contributed by atoms with Crippen molar-refractivity contribution in [1.29, 1.82) is 0 Å². The SMILES string of the molecule is CCCCCOc1ccc(/C=N\NC(=O)Cc2ccccc2)cc1OCC. The molecule has 0 radical (unpaired) electrons. The van der Waals surface area contributed by atoms with Gasteiger partial charge in [-0.2, -0.15) is 5.10 Å². The maximum atomic E-state index is 11.9. The number of amides is 1. The van der Waals surface area contributed by atoms with E-state index in [1.165, 1.54) is 0 Å². The second-order valence-corrected chi connectivity index (χ2v) is 6.15. The summed E-state index contributed by atoms with van der Waals surface area (Å²) in [5, 5.41) is 4.03. The van der Waals surface area contributed by atoms with Gasteiger partial charge in [-0.25, -0.2) is 5.43 Å². The summed E-state index contributed by atoms with van der Waals surface area (Å²) in [7, 11) is 0. The Morgan fingerprint density at radius 1 is 1.04 bits per heavy atom. The van der Waals surface area contributed by atoms with Crippen molar-refractivity contribution in [1.82, 2.24) is 5.43 Å². The number of nitrogens with zero attached hydrogens (tertiary/aromatic N) is 1. The minimum absolute atomic E-state index is 0.154. The highest BCUT2D eigenvalue weighted by Crippen LogP contribution is 2.28. The van der Waals surface area contributed by atoms with Crippen molar-refractivity contribution in [2.75, 3.05) is 13.2 Å². The summed E-state index contributed by atoms with van der Waals surface area (Å²) in [4.78, 5) is 11.9. The normalized spacial score (nSPS) is 10.7. The van der Waals surface area contributed by atoms with Crippen LogP contribution in [0.1, 0.15) is 44.2 Å². The fourth-order valence-electron chi connectivity index (χ4n) is 2.53. The Morgan fingerprint density at radius 3 is 2.59 bits per heavy atom. The Hall–Kier alpha value is -2.82. The molecule has 0 aromatic heterocycles.